The first kappa shape index (κ1) is 18.1. The number of carbonyl (C=O) groups is 1. The third-order valence-corrected chi connectivity index (χ3v) is 4.86. The molecule has 0 aliphatic carbocycles. The van der Waals surface area contributed by atoms with Crippen molar-refractivity contribution in [1.82, 2.24) is 19.9 Å². The summed E-state index contributed by atoms with van der Waals surface area (Å²) in [7, 11) is 0. The second-order valence-corrected chi connectivity index (χ2v) is 7.02. The van der Waals surface area contributed by atoms with E-state index < -0.39 is 0 Å². The Labute approximate surface area is 154 Å². The first-order valence-corrected chi connectivity index (χ1v) is 9.00. The molecule has 3 rings (SSSR count). The van der Waals surface area contributed by atoms with Gasteiger partial charge in [0.05, 0.1) is 5.69 Å². The van der Waals surface area contributed by atoms with Crippen molar-refractivity contribution in [2.75, 3.05) is 0 Å². The van der Waals surface area contributed by atoms with Gasteiger partial charge in [0.25, 0.3) is 0 Å². The number of rotatable bonds is 5. The molecule has 0 atom stereocenters. The first-order valence-electron chi connectivity index (χ1n) is 9.00. The lowest BCUT2D eigenvalue weighted by molar-refractivity contribution is -0.121. The van der Waals surface area contributed by atoms with Crippen LogP contribution < -0.4 is 5.32 Å². The lowest BCUT2D eigenvalue weighted by atomic mass is 10.0. The van der Waals surface area contributed by atoms with E-state index in [-0.39, 0.29) is 5.91 Å². The molecule has 0 aliphatic rings. The van der Waals surface area contributed by atoms with Crippen molar-refractivity contribution < 1.29 is 4.79 Å². The van der Waals surface area contributed by atoms with Crippen LogP contribution in [0.4, 0.5) is 0 Å². The van der Waals surface area contributed by atoms with Crippen LogP contribution in [0.3, 0.4) is 0 Å². The van der Waals surface area contributed by atoms with Gasteiger partial charge < -0.3 is 5.32 Å². The summed E-state index contributed by atoms with van der Waals surface area (Å²) in [5.41, 5.74) is 8.54. The first-order chi connectivity index (χ1) is 12.3. The molecule has 0 saturated carbocycles. The minimum Gasteiger partial charge on any atom is -0.352 e. The number of nitrogens with one attached hydrogen (secondary N) is 1. The molecule has 2 heterocycles. The monoisotopic (exact) mass is 350 g/mol. The van der Waals surface area contributed by atoms with E-state index in [0.29, 0.717) is 19.4 Å². The van der Waals surface area contributed by atoms with E-state index in [1.165, 1.54) is 11.1 Å². The average Bonchev–Trinajstić information content (AvgIpc) is 2.94. The molecule has 26 heavy (non-hydrogen) atoms. The van der Waals surface area contributed by atoms with Gasteiger partial charge >= 0.3 is 0 Å². The van der Waals surface area contributed by atoms with Crippen LogP contribution in [0.1, 0.15) is 45.8 Å². The molecule has 136 valence electrons. The van der Waals surface area contributed by atoms with Crippen molar-refractivity contribution in [1.29, 1.82) is 0 Å². The summed E-state index contributed by atoms with van der Waals surface area (Å²) >= 11 is 0. The number of amides is 1. The van der Waals surface area contributed by atoms with Gasteiger partial charge in [0.1, 0.15) is 0 Å². The van der Waals surface area contributed by atoms with Crippen molar-refractivity contribution >= 4 is 11.6 Å². The zero-order valence-corrected chi connectivity index (χ0v) is 16.2. The standard InChI is InChI=1S/C21H26N4O/c1-13-6-7-18(14(2)10-13)12-22-21(26)9-8-19-16(4)23-20-11-15(3)24-25(20)17(19)5/h6-7,10-11H,8-9,12H2,1-5H3,(H,22,26). The molecule has 0 unspecified atom stereocenters. The Kier molecular flexibility index (Phi) is 5.07. The van der Waals surface area contributed by atoms with Crippen molar-refractivity contribution in [3.8, 4) is 0 Å². The zero-order chi connectivity index (χ0) is 18.8. The van der Waals surface area contributed by atoms with E-state index in [0.717, 1.165) is 33.9 Å². The number of fused-ring (bicyclic) bond motifs is 1. The van der Waals surface area contributed by atoms with Gasteiger partial charge in [-0.1, -0.05) is 23.8 Å². The van der Waals surface area contributed by atoms with Gasteiger partial charge in [0, 0.05) is 30.4 Å². The van der Waals surface area contributed by atoms with Gasteiger partial charge in [0.15, 0.2) is 5.65 Å². The molecule has 3 aromatic rings. The highest BCUT2D eigenvalue weighted by molar-refractivity contribution is 5.76. The third kappa shape index (κ3) is 3.77. The van der Waals surface area contributed by atoms with Crippen LogP contribution in [-0.2, 0) is 17.8 Å². The van der Waals surface area contributed by atoms with Crippen LogP contribution in [-0.4, -0.2) is 20.5 Å². The van der Waals surface area contributed by atoms with E-state index in [4.69, 9.17) is 0 Å². The Bertz CT molecular complexity index is 972. The second-order valence-electron chi connectivity index (χ2n) is 7.02. The van der Waals surface area contributed by atoms with E-state index in [1.807, 2.05) is 31.4 Å². The van der Waals surface area contributed by atoms with E-state index in [1.54, 1.807) is 0 Å². The second kappa shape index (κ2) is 7.28. The van der Waals surface area contributed by atoms with Gasteiger partial charge in [0.2, 0.25) is 5.91 Å². The minimum absolute atomic E-state index is 0.0560. The number of aromatic nitrogens is 3. The maximum atomic E-state index is 12.3. The van der Waals surface area contributed by atoms with Crippen LogP contribution >= 0.6 is 0 Å². The fourth-order valence-corrected chi connectivity index (χ4v) is 3.37. The molecule has 5 heteroatoms. The van der Waals surface area contributed by atoms with Crippen molar-refractivity contribution in [3.05, 3.63) is 63.6 Å². The van der Waals surface area contributed by atoms with E-state index >= 15 is 0 Å². The molecule has 0 saturated heterocycles. The topological polar surface area (TPSA) is 59.3 Å². The van der Waals surface area contributed by atoms with Crippen LogP contribution in [0.5, 0.6) is 0 Å². The Morgan fingerprint density at radius 1 is 1.12 bits per heavy atom. The maximum Gasteiger partial charge on any atom is 0.220 e. The smallest absolute Gasteiger partial charge is 0.220 e. The fourth-order valence-electron chi connectivity index (χ4n) is 3.37. The van der Waals surface area contributed by atoms with Gasteiger partial charge in [-0.3, -0.25) is 4.79 Å². The predicted octanol–water partition coefficient (Wildman–Crippen LogP) is 3.52. The number of hydrogen-bond donors (Lipinski definition) is 1. The van der Waals surface area contributed by atoms with Crippen molar-refractivity contribution in [2.24, 2.45) is 0 Å². The molecule has 1 amide bonds. The van der Waals surface area contributed by atoms with Crippen LogP contribution in [0.25, 0.3) is 5.65 Å². The molecular formula is C21H26N4O. The Morgan fingerprint density at radius 2 is 1.88 bits per heavy atom. The number of nitrogens with zero attached hydrogens (tertiary/aromatic N) is 3. The summed E-state index contributed by atoms with van der Waals surface area (Å²) < 4.78 is 1.87. The average molecular weight is 350 g/mol. The number of hydrogen-bond acceptors (Lipinski definition) is 3. The zero-order valence-electron chi connectivity index (χ0n) is 16.2. The molecule has 2 aromatic heterocycles. The summed E-state index contributed by atoms with van der Waals surface area (Å²) in [4.78, 5) is 16.9. The van der Waals surface area contributed by atoms with Crippen LogP contribution in [0.15, 0.2) is 24.3 Å². The van der Waals surface area contributed by atoms with Gasteiger partial charge in [-0.2, -0.15) is 5.10 Å². The van der Waals surface area contributed by atoms with Crippen LogP contribution in [0, 0.1) is 34.6 Å². The molecule has 1 aromatic carbocycles. The quantitative estimate of drug-likeness (QED) is 0.766. The minimum atomic E-state index is 0.0560. The summed E-state index contributed by atoms with van der Waals surface area (Å²) in [5, 5.41) is 7.52. The van der Waals surface area contributed by atoms with Gasteiger partial charge in [-0.25, -0.2) is 9.50 Å². The van der Waals surface area contributed by atoms with E-state index in [9.17, 15) is 4.79 Å². The normalized spacial score (nSPS) is 11.1. The lowest BCUT2D eigenvalue weighted by Crippen LogP contribution is -2.23. The molecular weight excluding hydrogens is 324 g/mol. The Balaban J connectivity index is 1.65. The number of benzene rings is 1. The van der Waals surface area contributed by atoms with E-state index in [2.05, 4.69) is 47.4 Å². The van der Waals surface area contributed by atoms with Crippen molar-refractivity contribution in [2.45, 2.75) is 54.0 Å². The van der Waals surface area contributed by atoms with Gasteiger partial charge in [-0.15, -0.1) is 0 Å². The number of carbonyl (C=O) groups excluding carboxylic acids is 1. The maximum absolute atomic E-state index is 12.3. The summed E-state index contributed by atoms with van der Waals surface area (Å²) in [6.07, 6.45) is 1.11. The molecule has 0 aliphatic heterocycles. The molecule has 1 N–H and O–H groups in total. The Hall–Kier alpha value is -2.69. The Morgan fingerprint density at radius 3 is 2.62 bits per heavy atom. The molecule has 0 bridgehead atoms. The molecule has 5 nitrogen and oxygen atoms in total. The SMILES string of the molecule is Cc1ccc(CNC(=O)CCc2c(C)nc3cc(C)nn3c2C)c(C)c1. The number of aryl methyl sites for hydroxylation is 5. The van der Waals surface area contributed by atoms with Crippen molar-refractivity contribution in [3.63, 3.8) is 0 Å². The fraction of sp³-hybridized carbons (Fsp3) is 0.381. The highest BCUT2D eigenvalue weighted by Gasteiger charge is 2.13. The molecule has 0 fully saturated rings. The lowest BCUT2D eigenvalue weighted by Gasteiger charge is -2.12. The largest absolute Gasteiger partial charge is 0.352 e. The predicted molar refractivity (Wildman–Crippen MR) is 103 cm³/mol. The highest BCUT2D eigenvalue weighted by Crippen LogP contribution is 2.17. The third-order valence-electron chi connectivity index (χ3n) is 4.86. The van der Waals surface area contributed by atoms with Crippen LogP contribution in [0.2, 0.25) is 0 Å². The highest BCUT2D eigenvalue weighted by atomic mass is 16.1. The summed E-state index contributed by atoms with van der Waals surface area (Å²) in [6.45, 7) is 10.7. The molecule has 0 spiro atoms. The molecule has 0 radical (unpaired) electrons. The summed E-state index contributed by atoms with van der Waals surface area (Å²) in [6, 6.07) is 8.27. The summed E-state index contributed by atoms with van der Waals surface area (Å²) in [5.74, 6) is 0.0560. The van der Waals surface area contributed by atoms with Gasteiger partial charge in [-0.05, 0) is 57.7 Å².